The molecule has 0 fully saturated rings. The van der Waals surface area contributed by atoms with Crippen LogP contribution < -0.4 is 9.04 Å². The molecule has 2 aromatic heterocycles. The summed E-state index contributed by atoms with van der Waals surface area (Å²) in [6.07, 6.45) is 4.44. The molecule has 0 radical (unpaired) electrons. The zero-order valence-electron chi connectivity index (χ0n) is 19.1. The van der Waals surface area contributed by atoms with Crippen LogP contribution in [0.25, 0.3) is 21.9 Å². The van der Waals surface area contributed by atoms with Gasteiger partial charge >= 0.3 is 0 Å². The molecule has 0 aliphatic heterocycles. The number of sulfonamides is 1. The lowest BCUT2D eigenvalue weighted by atomic mass is 10.0. The van der Waals surface area contributed by atoms with Gasteiger partial charge in [-0.3, -0.25) is 4.98 Å². The summed E-state index contributed by atoms with van der Waals surface area (Å²) >= 11 is 6.24. The van der Waals surface area contributed by atoms with Gasteiger partial charge in [0.25, 0.3) is 10.0 Å². The lowest BCUT2D eigenvalue weighted by Crippen LogP contribution is -2.27. The molecule has 7 nitrogen and oxygen atoms in total. The van der Waals surface area contributed by atoms with Gasteiger partial charge in [0.15, 0.2) is 5.82 Å². The Bertz CT molecular complexity index is 1690. The van der Waals surface area contributed by atoms with Crippen LogP contribution in [0, 0.1) is 12.7 Å². The third-order valence-corrected chi connectivity index (χ3v) is 7.87. The van der Waals surface area contributed by atoms with Crippen LogP contribution in [0.15, 0.2) is 88.7 Å². The SMILES string of the molecule is COc1cc(-c2ccc(C)c(Cl)c2)c(F)cc1N(c1ccon1)S(=O)(=O)c1ccc2cnccc2c1. The predicted octanol–water partition coefficient (Wildman–Crippen LogP) is 6.53. The number of aryl methyl sites for hydroxylation is 1. The van der Waals surface area contributed by atoms with E-state index in [-0.39, 0.29) is 27.7 Å². The Morgan fingerprint density at radius 3 is 2.58 bits per heavy atom. The van der Waals surface area contributed by atoms with Crippen molar-refractivity contribution >= 4 is 43.9 Å². The number of rotatable bonds is 6. The third-order valence-electron chi connectivity index (χ3n) is 5.75. The molecule has 2 heterocycles. The average molecular weight is 524 g/mol. The maximum Gasteiger partial charge on any atom is 0.270 e. The number of fused-ring (bicyclic) bond motifs is 1. The highest BCUT2D eigenvalue weighted by Crippen LogP contribution is 2.42. The van der Waals surface area contributed by atoms with Crippen LogP contribution in [0.4, 0.5) is 15.9 Å². The van der Waals surface area contributed by atoms with Gasteiger partial charge in [0.05, 0.1) is 12.0 Å². The van der Waals surface area contributed by atoms with E-state index in [0.29, 0.717) is 16.0 Å². The molecule has 3 aromatic carbocycles. The van der Waals surface area contributed by atoms with Crippen molar-refractivity contribution in [2.45, 2.75) is 11.8 Å². The number of pyridine rings is 1. The monoisotopic (exact) mass is 523 g/mol. The first-order valence-electron chi connectivity index (χ1n) is 10.7. The van der Waals surface area contributed by atoms with Crippen molar-refractivity contribution in [1.29, 1.82) is 0 Å². The fraction of sp³-hybridized carbons (Fsp3) is 0.0769. The molecule has 0 aliphatic carbocycles. The highest BCUT2D eigenvalue weighted by atomic mass is 35.5. The number of ether oxygens (including phenoxy) is 1. The number of methoxy groups -OCH3 is 1. The number of halogens is 2. The number of hydrogen-bond acceptors (Lipinski definition) is 6. The van der Waals surface area contributed by atoms with Gasteiger partial charge in [0.2, 0.25) is 0 Å². The fourth-order valence-electron chi connectivity index (χ4n) is 3.86. The third kappa shape index (κ3) is 4.16. The molecular formula is C26H19ClFN3O4S. The van der Waals surface area contributed by atoms with Crippen molar-refractivity contribution in [2.75, 3.05) is 11.4 Å². The van der Waals surface area contributed by atoms with E-state index in [4.69, 9.17) is 20.9 Å². The number of nitrogens with zero attached hydrogens (tertiary/aromatic N) is 3. The van der Waals surface area contributed by atoms with Crippen LogP contribution in [-0.2, 0) is 10.0 Å². The topological polar surface area (TPSA) is 85.5 Å². The van der Waals surface area contributed by atoms with Crippen molar-refractivity contribution in [2.24, 2.45) is 0 Å². The Morgan fingerprint density at radius 2 is 1.86 bits per heavy atom. The van der Waals surface area contributed by atoms with E-state index in [0.717, 1.165) is 21.3 Å². The Morgan fingerprint density at radius 1 is 1.03 bits per heavy atom. The molecule has 0 N–H and O–H groups in total. The summed E-state index contributed by atoms with van der Waals surface area (Å²) in [6, 6.07) is 15.4. The molecule has 0 bridgehead atoms. The molecule has 182 valence electrons. The Balaban J connectivity index is 1.70. The zero-order valence-corrected chi connectivity index (χ0v) is 20.7. The summed E-state index contributed by atoms with van der Waals surface area (Å²) in [4.78, 5) is 4.03. The van der Waals surface area contributed by atoms with Crippen LogP contribution in [-0.4, -0.2) is 25.7 Å². The number of aromatic nitrogens is 2. The second-order valence-corrected chi connectivity index (χ2v) is 10.2. The first-order chi connectivity index (χ1) is 17.3. The summed E-state index contributed by atoms with van der Waals surface area (Å²) in [5.74, 6) is -0.618. The minimum atomic E-state index is -4.29. The largest absolute Gasteiger partial charge is 0.495 e. The number of hydrogen-bond donors (Lipinski definition) is 0. The minimum Gasteiger partial charge on any atom is -0.495 e. The van der Waals surface area contributed by atoms with Crippen molar-refractivity contribution in [3.8, 4) is 16.9 Å². The van der Waals surface area contributed by atoms with Gasteiger partial charge in [0.1, 0.15) is 23.5 Å². The number of anilines is 2. The second-order valence-electron chi connectivity index (χ2n) is 7.98. The molecule has 5 rings (SSSR count). The quantitative estimate of drug-likeness (QED) is 0.251. The van der Waals surface area contributed by atoms with Crippen LogP contribution >= 0.6 is 11.6 Å². The summed E-state index contributed by atoms with van der Waals surface area (Å²) in [7, 11) is -2.91. The van der Waals surface area contributed by atoms with Crippen molar-refractivity contribution in [3.63, 3.8) is 0 Å². The fourth-order valence-corrected chi connectivity index (χ4v) is 5.51. The maximum atomic E-state index is 15.5. The lowest BCUT2D eigenvalue weighted by Gasteiger charge is -2.24. The van der Waals surface area contributed by atoms with Crippen molar-refractivity contribution < 1.29 is 22.1 Å². The summed E-state index contributed by atoms with van der Waals surface area (Å²) in [6.45, 7) is 1.84. The zero-order chi connectivity index (χ0) is 25.4. The predicted molar refractivity (Wildman–Crippen MR) is 136 cm³/mol. The Labute approximate surface area is 211 Å². The minimum absolute atomic E-state index is 0.0268. The summed E-state index contributed by atoms with van der Waals surface area (Å²) in [5, 5.41) is 5.75. The normalized spacial score (nSPS) is 11.6. The van der Waals surface area contributed by atoms with Crippen LogP contribution in [0.5, 0.6) is 5.75 Å². The Kier molecular flexibility index (Phi) is 6.11. The van der Waals surface area contributed by atoms with Gasteiger partial charge in [-0.25, -0.2) is 17.1 Å². The van der Waals surface area contributed by atoms with E-state index in [2.05, 4.69) is 10.1 Å². The lowest BCUT2D eigenvalue weighted by molar-refractivity contribution is 0.413. The molecule has 0 saturated carbocycles. The standard InChI is InChI=1S/C26H19ClFN3O4S/c1-16-3-4-18(12-22(16)27)21-13-25(34-2)24(14-23(21)28)31(26-8-10-35-30-26)36(32,33)20-6-5-19-15-29-9-7-17(19)11-20/h3-15H,1-2H3. The average Bonchev–Trinajstić information content (AvgIpc) is 3.40. The maximum absolute atomic E-state index is 15.5. The molecule has 0 saturated heterocycles. The molecule has 0 atom stereocenters. The van der Waals surface area contributed by atoms with E-state index >= 15 is 4.39 Å². The highest BCUT2D eigenvalue weighted by molar-refractivity contribution is 7.93. The number of benzene rings is 3. The molecule has 10 heteroatoms. The van der Waals surface area contributed by atoms with Gasteiger partial charge in [-0.15, -0.1) is 0 Å². The van der Waals surface area contributed by atoms with Gasteiger partial charge in [-0.1, -0.05) is 35.0 Å². The molecule has 0 amide bonds. The Hall–Kier alpha value is -3.95. The van der Waals surface area contributed by atoms with E-state index in [1.165, 1.54) is 37.6 Å². The van der Waals surface area contributed by atoms with Crippen molar-refractivity contribution in [1.82, 2.24) is 10.1 Å². The second kappa shape index (κ2) is 9.25. The first-order valence-corrected chi connectivity index (χ1v) is 12.5. The highest BCUT2D eigenvalue weighted by Gasteiger charge is 2.32. The molecule has 0 spiro atoms. The van der Waals surface area contributed by atoms with Gasteiger partial charge < -0.3 is 9.26 Å². The van der Waals surface area contributed by atoms with Crippen LogP contribution in [0.3, 0.4) is 0 Å². The van der Waals surface area contributed by atoms with Gasteiger partial charge in [-0.05, 0) is 53.8 Å². The van der Waals surface area contributed by atoms with E-state index in [1.807, 2.05) is 6.92 Å². The molecule has 5 aromatic rings. The van der Waals surface area contributed by atoms with Crippen LogP contribution in [0.1, 0.15) is 5.56 Å². The van der Waals surface area contributed by atoms with E-state index < -0.39 is 15.8 Å². The smallest absolute Gasteiger partial charge is 0.270 e. The molecule has 0 unspecified atom stereocenters. The first kappa shape index (κ1) is 23.8. The molecule has 36 heavy (non-hydrogen) atoms. The summed E-state index contributed by atoms with van der Waals surface area (Å²) in [5.41, 5.74) is 1.50. The van der Waals surface area contributed by atoms with Gasteiger partial charge in [-0.2, -0.15) is 0 Å². The van der Waals surface area contributed by atoms with Crippen molar-refractivity contribution in [3.05, 3.63) is 95.7 Å². The van der Waals surface area contributed by atoms with Crippen LogP contribution in [0.2, 0.25) is 5.02 Å². The molecule has 0 aliphatic rings. The van der Waals surface area contributed by atoms with E-state index in [9.17, 15) is 8.42 Å². The van der Waals surface area contributed by atoms with Gasteiger partial charge in [0, 0.05) is 40.5 Å². The van der Waals surface area contributed by atoms with E-state index in [1.54, 1.807) is 42.7 Å². The molecular weight excluding hydrogens is 505 g/mol. The summed E-state index contributed by atoms with van der Waals surface area (Å²) < 4.78 is 54.7.